The SMILES string of the molecule is CC[C@](O)(c1ccc(Cl)cc1)c1ccc(Cl)s1. The van der Waals surface area contributed by atoms with E-state index in [1.807, 2.05) is 25.1 Å². The maximum Gasteiger partial charge on any atom is 0.123 e. The summed E-state index contributed by atoms with van der Waals surface area (Å²) in [4.78, 5) is 0.854. The third-order valence-corrected chi connectivity index (χ3v) is 4.45. The van der Waals surface area contributed by atoms with E-state index < -0.39 is 5.60 Å². The fourth-order valence-corrected chi connectivity index (χ4v) is 3.13. The van der Waals surface area contributed by atoms with E-state index in [9.17, 15) is 5.11 Å². The number of thiophene rings is 1. The van der Waals surface area contributed by atoms with Gasteiger partial charge in [0.05, 0.1) is 4.34 Å². The number of benzene rings is 1. The van der Waals surface area contributed by atoms with Crippen LogP contribution < -0.4 is 0 Å². The van der Waals surface area contributed by atoms with Crippen LogP contribution in [0.25, 0.3) is 0 Å². The molecule has 1 aromatic heterocycles. The molecule has 1 heterocycles. The number of hydrogen-bond acceptors (Lipinski definition) is 2. The van der Waals surface area contributed by atoms with Gasteiger partial charge in [-0.25, -0.2) is 0 Å². The maximum absolute atomic E-state index is 10.8. The Morgan fingerprint density at radius 2 is 1.76 bits per heavy atom. The van der Waals surface area contributed by atoms with Crippen molar-refractivity contribution in [2.45, 2.75) is 18.9 Å². The van der Waals surface area contributed by atoms with Crippen LogP contribution in [0.3, 0.4) is 0 Å². The molecule has 1 aromatic carbocycles. The van der Waals surface area contributed by atoms with Crippen molar-refractivity contribution in [3.8, 4) is 0 Å². The minimum atomic E-state index is -0.984. The van der Waals surface area contributed by atoms with Crippen LogP contribution in [0.1, 0.15) is 23.8 Å². The molecule has 2 aromatic rings. The van der Waals surface area contributed by atoms with Crippen molar-refractivity contribution in [3.63, 3.8) is 0 Å². The van der Waals surface area contributed by atoms with E-state index in [1.165, 1.54) is 11.3 Å². The van der Waals surface area contributed by atoms with Gasteiger partial charge in [0, 0.05) is 9.90 Å². The average molecular weight is 287 g/mol. The predicted octanol–water partition coefficient (Wildman–Crippen LogP) is 4.70. The van der Waals surface area contributed by atoms with Crippen LogP contribution in [-0.4, -0.2) is 5.11 Å². The van der Waals surface area contributed by atoms with Crippen molar-refractivity contribution in [1.29, 1.82) is 0 Å². The topological polar surface area (TPSA) is 20.2 Å². The number of halogens is 2. The van der Waals surface area contributed by atoms with Crippen LogP contribution in [0.15, 0.2) is 36.4 Å². The summed E-state index contributed by atoms with van der Waals surface area (Å²) in [6.45, 7) is 1.95. The van der Waals surface area contributed by atoms with Gasteiger partial charge in [-0.15, -0.1) is 11.3 Å². The first-order valence-electron chi connectivity index (χ1n) is 5.30. The molecular weight excluding hydrogens is 275 g/mol. The van der Waals surface area contributed by atoms with E-state index in [0.717, 1.165) is 10.4 Å². The van der Waals surface area contributed by atoms with Gasteiger partial charge < -0.3 is 5.11 Å². The van der Waals surface area contributed by atoms with Crippen molar-refractivity contribution in [2.75, 3.05) is 0 Å². The lowest BCUT2D eigenvalue weighted by molar-refractivity contribution is 0.0804. The standard InChI is InChI=1S/C13H12Cl2OS/c1-2-13(16,11-7-8-12(15)17-11)9-3-5-10(14)6-4-9/h3-8,16H,2H2,1H3/t13-/m0/s1. The molecule has 0 radical (unpaired) electrons. The van der Waals surface area contributed by atoms with Gasteiger partial charge in [0.15, 0.2) is 0 Å². The van der Waals surface area contributed by atoms with Crippen molar-refractivity contribution >= 4 is 34.5 Å². The predicted molar refractivity (Wildman–Crippen MR) is 74.1 cm³/mol. The van der Waals surface area contributed by atoms with Gasteiger partial charge in [0.2, 0.25) is 0 Å². The summed E-state index contributed by atoms with van der Waals surface area (Å²) >= 11 is 13.2. The Bertz CT molecular complexity index is 506. The second-order valence-electron chi connectivity index (χ2n) is 3.82. The van der Waals surface area contributed by atoms with E-state index in [2.05, 4.69) is 0 Å². The van der Waals surface area contributed by atoms with Crippen LogP contribution in [0.2, 0.25) is 9.36 Å². The molecule has 17 heavy (non-hydrogen) atoms. The zero-order valence-corrected chi connectivity index (χ0v) is 11.6. The largest absolute Gasteiger partial charge is 0.380 e. The molecule has 4 heteroatoms. The second-order valence-corrected chi connectivity index (χ2v) is 5.98. The van der Waals surface area contributed by atoms with Gasteiger partial charge in [-0.3, -0.25) is 0 Å². The molecule has 1 nitrogen and oxygen atoms in total. The van der Waals surface area contributed by atoms with Gasteiger partial charge in [-0.05, 0) is 36.2 Å². The summed E-state index contributed by atoms with van der Waals surface area (Å²) in [5.74, 6) is 0. The third kappa shape index (κ3) is 2.50. The summed E-state index contributed by atoms with van der Waals surface area (Å²) in [6.07, 6.45) is 0.589. The molecule has 0 bridgehead atoms. The Morgan fingerprint density at radius 3 is 2.24 bits per heavy atom. The highest BCUT2D eigenvalue weighted by Gasteiger charge is 2.30. The molecule has 2 rings (SSSR count). The summed E-state index contributed by atoms with van der Waals surface area (Å²) in [5.41, 5.74) is -0.148. The lowest BCUT2D eigenvalue weighted by atomic mass is 9.90. The lowest BCUT2D eigenvalue weighted by Gasteiger charge is -2.26. The molecule has 0 aliphatic heterocycles. The van der Waals surface area contributed by atoms with E-state index in [-0.39, 0.29) is 0 Å². The van der Waals surface area contributed by atoms with E-state index >= 15 is 0 Å². The molecule has 0 saturated heterocycles. The van der Waals surface area contributed by atoms with Gasteiger partial charge in [0.1, 0.15) is 5.60 Å². The monoisotopic (exact) mass is 286 g/mol. The summed E-state index contributed by atoms with van der Waals surface area (Å²) < 4.78 is 0.681. The first-order chi connectivity index (χ1) is 8.06. The van der Waals surface area contributed by atoms with E-state index in [4.69, 9.17) is 23.2 Å². The van der Waals surface area contributed by atoms with Gasteiger partial charge in [0.25, 0.3) is 0 Å². The normalized spacial score (nSPS) is 14.6. The molecule has 0 saturated carbocycles. The van der Waals surface area contributed by atoms with Gasteiger partial charge in [-0.2, -0.15) is 0 Å². The highest BCUT2D eigenvalue weighted by Crippen LogP contribution is 2.38. The smallest absolute Gasteiger partial charge is 0.123 e. The molecule has 1 N–H and O–H groups in total. The van der Waals surface area contributed by atoms with Crippen molar-refractivity contribution < 1.29 is 5.11 Å². The number of aliphatic hydroxyl groups is 1. The summed E-state index contributed by atoms with van der Waals surface area (Å²) in [5, 5.41) is 11.4. The average Bonchev–Trinajstić information content (AvgIpc) is 2.76. The van der Waals surface area contributed by atoms with Gasteiger partial charge >= 0.3 is 0 Å². The Kier molecular flexibility index (Phi) is 3.79. The van der Waals surface area contributed by atoms with Crippen molar-refractivity contribution in [1.82, 2.24) is 0 Å². The molecule has 0 amide bonds. The molecular formula is C13H12Cl2OS. The fourth-order valence-electron chi connectivity index (χ4n) is 1.78. The Morgan fingerprint density at radius 1 is 1.12 bits per heavy atom. The first-order valence-corrected chi connectivity index (χ1v) is 6.87. The number of rotatable bonds is 3. The highest BCUT2D eigenvalue weighted by atomic mass is 35.5. The Hall–Kier alpha value is -0.540. The zero-order valence-electron chi connectivity index (χ0n) is 9.28. The van der Waals surface area contributed by atoms with Crippen LogP contribution >= 0.6 is 34.5 Å². The molecule has 0 fully saturated rings. The zero-order chi connectivity index (χ0) is 12.5. The molecule has 0 aliphatic rings. The van der Waals surface area contributed by atoms with E-state index in [1.54, 1.807) is 18.2 Å². The van der Waals surface area contributed by atoms with Crippen molar-refractivity contribution in [2.24, 2.45) is 0 Å². The second kappa shape index (κ2) is 4.99. The Balaban J connectivity index is 2.47. The minimum absolute atomic E-state index is 0.589. The highest BCUT2D eigenvalue weighted by molar-refractivity contribution is 7.16. The fraction of sp³-hybridized carbons (Fsp3) is 0.231. The van der Waals surface area contributed by atoms with Crippen LogP contribution in [-0.2, 0) is 5.60 Å². The van der Waals surface area contributed by atoms with Crippen LogP contribution in [0.4, 0.5) is 0 Å². The third-order valence-electron chi connectivity index (χ3n) is 2.81. The first kappa shape index (κ1) is 12.9. The maximum atomic E-state index is 10.8. The Labute approximate surface area is 115 Å². The van der Waals surface area contributed by atoms with Crippen LogP contribution in [0.5, 0.6) is 0 Å². The molecule has 0 aliphatic carbocycles. The number of hydrogen-bond donors (Lipinski definition) is 1. The van der Waals surface area contributed by atoms with Crippen LogP contribution in [0, 0.1) is 0 Å². The minimum Gasteiger partial charge on any atom is -0.380 e. The van der Waals surface area contributed by atoms with E-state index in [0.29, 0.717) is 15.8 Å². The molecule has 0 unspecified atom stereocenters. The quantitative estimate of drug-likeness (QED) is 0.867. The van der Waals surface area contributed by atoms with Crippen molar-refractivity contribution in [3.05, 3.63) is 56.2 Å². The summed E-state index contributed by atoms with van der Waals surface area (Å²) in [7, 11) is 0. The lowest BCUT2D eigenvalue weighted by Crippen LogP contribution is -2.24. The molecule has 1 atom stereocenters. The molecule has 0 spiro atoms. The molecule has 90 valence electrons. The summed E-state index contributed by atoms with van der Waals surface area (Å²) in [6, 6.07) is 10.9. The van der Waals surface area contributed by atoms with Gasteiger partial charge in [-0.1, -0.05) is 42.3 Å².